The topological polar surface area (TPSA) is 41.6 Å². The van der Waals surface area contributed by atoms with Crippen LogP contribution >= 0.6 is 0 Å². The highest BCUT2D eigenvalue weighted by atomic mass is 16.5. The molecule has 1 heterocycles. The van der Waals surface area contributed by atoms with Crippen LogP contribution in [-0.2, 0) is 9.53 Å². The summed E-state index contributed by atoms with van der Waals surface area (Å²) in [5, 5.41) is 3.37. The molecule has 1 aliphatic heterocycles. The van der Waals surface area contributed by atoms with Crippen LogP contribution < -0.4 is 5.32 Å². The van der Waals surface area contributed by atoms with Crippen molar-refractivity contribution in [3.8, 4) is 0 Å². The van der Waals surface area contributed by atoms with E-state index in [-0.39, 0.29) is 5.97 Å². The van der Waals surface area contributed by atoms with Crippen LogP contribution in [0, 0.1) is 0 Å². The van der Waals surface area contributed by atoms with Gasteiger partial charge in [0.15, 0.2) is 0 Å². The molecule has 1 fully saturated rings. The van der Waals surface area contributed by atoms with Gasteiger partial charge in [0.25, 0.3) is 0 Å². The minimum atomic E-state index is -0.0846. The van der Waals surface area contributed by atoms with Crippen molar-refractivity contribution in [2.45, 2.75) is 26.3 Å². The van der Waals surface area contributed by atoms with Crippen molar-refractivity contribution in [2.75, 3.05) is 32.8 Å². The average molecular weight is 200 g/mol. The Kier molecular flexibility index (Phi) is 4.90. The van der Waals surface area contributed by atoms with E-state index in [1.54, 1.807) is 0 Å². The van der Waals surface area contributed by atoms with Crippen LogP contribution in [0.3, 0.4) is 0 Å². The Balaban J connectivity index is 2.14. The van der Waals surface area contributed by atoms with Gasteiger partial charge in [-0.2, -0.15) is 0 Å². The molecule has 1 N–H and O–H groups in total. The predicted molar refractivity (Wildman–Crippen MR) is 55.2 cm³/mol. The van der Waals surface area contributed by atoms with Gasteiger partial charge in [-0.25, -0.2) is 0 Å². The largest absolute Gasteiger partial charge is 0.466 e. The first kappa shape index (κ1) is 11.5. The number of nitrogens with zero attached hydrogens (tertiary/aromatic N) is 1. The molecule has 0 radical (unpaired) electrons. The second-order valence-corrected chi connectivity index (χ2v) is 3.71. The van der Waals surface area contributed by atoms with Gasteiger partial charge in [0, 0.05) is 32.2 Å². The number of hydrogen-bond acceptors (Lipinski definition) is 4. The molecule has 4 nitrogen and oxygen atoms in total. The number of piperazine rings is 1. The number of esters is 1. The molecule has 0 spiro atoms. The summed E-state index contributed by atoms with van der Waals surface area (Å²) in [5.74, 6) is -0.0846. The van der Waals surface area contributed by atoms with Gasteiger partial charge in [-0.15, -0.1) is 0 Å². The maximum Gasteiger partial charge on any atom is 0.307 e. The zero-order valence-corrected chi connectivity index (χ0v) is 9.08. The first-order chi connectivity index (χ1) is 6.72. The second kappa shape index (κ2) is 5.98. The van der Waals surface area contributed by atoms with Gasteiger partial charge in [-0.1, -0.05) is 0 Å². The zero-order chi connectivity index (χ0) is 10.4. The van der Waals surface area contributed by atoms with Gasteiger partial charge in [0.05, 0.1) is 13.0 Å². The summed E-state index contributed by atoms with van der Waals surface area (Å²) in [4.78, 5) is 13.4. The standard InChI is InChI=1S/C10H20N2O2/c1-3-14-10(13)4-6-12-7-5-11-9(2)8-12/h9,11H,3-8H2,1-2H3/t9-/m1/s1. The smallest absolute Gasteiger partial charge is 0.307 e. The molecule has 0 bridgehead atoms. The maximum absolute atomic E-state index is 11.1. The molecule has 0 amide bonds. The Morgan fingerprint density at radius 3 is 3.07 bits per heavy atom. The molecule has 82 valence electrons. The van der Waals surface area contributed by atoms with E-state index in [0.29, 0.717) is 19.1 Å². The van der Waals surface area contributed by atoms with Crippen molar-refractivity contribution in [1.82, 2.24) is 10.2 Å². The van der Waals surface area contributed by atoms with Crippen LogP contribution in [0.25, 0.3) is 0 Å². The van der Waals surface area contributed by atoms with E-state index in [9.17, 15) is 4.79 Å². The molecule has 4 heteroatoms. The van der Waals surface area contributed by atoms with Crippen molar-refractivity contribution in [3.63, 3.8) is 0 Å². The summed E-state index contributed by atoms with van der Waals surface area (Å²) in [6.45, 7) is 8.39. The Bertz CT molecular complexity index is 185. The average Bonchev–Trinajstić information content (AvgIpc) is 2.15. The third kappa shape index (κ3) is 4.07. The van der Waals surface area contributed by atoms with Crippen molar-refractivity contribution < 1.29 is 9.53 Å². The van der Waals surface area contributed by atoms with Crippen molar-refractivity contribution in [3.05, 3.63) is 0 Å². The highest BCUT2D eigenvalue weighted by Gasteiger charge is 2.16. The Labute approximate surface area is 85.6 Å². The highest BCUT2D eigenvalue weighted by Crippen LogP contribution is 2.00. The van der Waals surface area contributed by atoms with Crippen LogP contribution in [0.2, 0.25) is 0 Å². The van der Waals surface area contributed by atoms with Crippen LogP contribution in [0.15, 0.2) is 0 Å². The summed E-state index contributed by atoms with van der Waals surface area (Å²) in [5.41, 5.74) is 0. The van der Waals surface area contributed by atoms with E-state index in [1.165, 1.54) is 0 Å². The summed E-state index contributed by atoms with van der Waals surface area (Å²) in [6, 6.07) is 0.533. The molecule has 0 saturated carbocycles. The molecule has 1 atom stereocenters. The molecule has 0 aromatic rings. The number of carbonyl (C=O) groups excluding carboxylic acids is 1. The molecular weight excluding hydrogens is 180 g/mol. The summed E-state index contributed by atoms with van der Waals surface area (Å²) in [6.07, 6.45) is 0.514. The fourth-order valence-electron chi connectivity index (χ4n) is 1.70. The number of nitrogens with one attached hydrogen (secondary N) is 1. The summed E-state index contributed by atoms with van der Waals surface area (Å²) >= 11 is 0. The van der Waals surface area contributed by atoms with Crippen LogP contribution in [0.1, 0.15) is 20.3 Å². The Hall–Kier alpha value is -0.610. The van der Waals surface area contributed by atoms with E-state index in [1.807, 2.05) is 6.92 Å². The molecule has 0 aromatic heterocycles. The molecular formula is C10H20N2O2. The van der Waals surface area contributed by atoms with Gasteiger partial charge in [-0.3, -0.25) is 9.69 Å². The van der Waals surface area contributed by atoms with Crippen LogP contribution in [0.5, 0.6) is 0 Å². The number of ether oxygens (including phenoxy) is 1. The molecule has 0 aliphatic carbocycles. The maximum atomic E-state index is 11.1. The monoisotopic (exact) mass is 200 g/mol. The van der Waals surface area contributed by atoms with E-state index in [4.69, 9.17) is 4.74 Å². The number of hydrogen-bond donors (Lipinski definition) is 1. The van der Waals surface area contributed by atoms with Crippen molar-refractivity contribution in [2.24, 2.45) is 0 Å². The Morgan fingerprint density at radius 2 is 2.43 bits per heavy atom. The van der Waals surface area contributed by atoms with Gasteiger partial charge in [0.2, 0.25) is 0 Å². The summed E-state index contributed by atoms with van der Waals surface area (Å²) in [7, 11) is 0. The normalized spacial score (nSPS) is 23.4. The highest BCUT2D eigenvalue weighted by molar-refractivity contribution is 5.69. The lowest BCUT2D eigenvalue weighted by Gasteiger charge is -2.31. The lowest BCUT2D eigenvalue weighted by atomic mass is 10.2. The van der Waals surface area contributed by atoms with Gasteiger partial charge in [0.1, 0.15) is 0 Å². The van der Waals surface area contributed by atoms with E-state index >= 15 is 0 Å². The fraction of sp³-hybridized carbons (Fsp3) is 0.900. The first-order valence-electron chi connectivity index (χ1n) is 5.33. The van der Waals surface area contributed by atoms with E-state index < -0.39 is 0 Å². The molecule has 1 aliphatic rings. The van der Waals surface area contributed by atoms with Crippen LogP contribution in [0.4, 0.5) is 0 Å². The quantitative estimate of drug-likeness (QED) is 0.660. The minimum absolute atomic E-state index is 0.0846. The zero-order valence-electron chi connectivity index (χ0n) is 9.08. The fourth-order valence-corrected chi connectivity index (χ4v) is 1.70. The SMILES string of the molecule is CCOC(=O)CCN1CCN[C@H](C)C1. The first-order valence-corrected chi connectivity index (χ1v) is 5.33. The van der Waals surface area contributed by atoms with Crippen molar-refractivity contribution >= 4 is 5.97 Å². The number of carbonyl (C=O) groups is 1. The van der Waals surface area contributed by atoms with Crippen LogP contribution in [-0.4, -0.2) is 49.7 Å². The molecule has 1 rings (SSSR count). The third-order valence-electron chi connectivity index (χ3n) is 2.39. The molecule has 0 unspecified atom stereocenters. The van der Waals surface area contributed by atoms with Gasteiger partial charge in [-0.05, 0) is 13.8 Å². The summed E-state index contributed by atoms with van der Waals surface area (Å²) < 4.78 is 4.88. The molecule has 0 aromatic carbocycles. The van der Waals surface area contributed by atoms with Gasteiger partial charge >= 0.3 is 5.97 Å². The lowest BCUT2D eigenvalue weighted by molar-refractivity contribution is -0.143. The predicted octanol–water partition coefficient (Wildman–Crippen LogP) is 0.233. The second-order valence-electron chi connectivity index (χ2n) is 3.71. The van der Waals surface area contributed by atoms with E-state index in [2.05, 4.69) is 17.1 Å². The third-order valence-corrected chi connectivity index (χ3v) is 2.39. The molecule has 1 saturated heterocycles. The Morgan fingerprint density at radius 1 is 1.64 bits per heavy atom. The molecule has 14 heavy (non-hydrogen) atoms. The number of rotatable bonds is 4. The minimum Gasteiger partial charge on any atom is -0.466 e. The van der Waals surface area contributed by atoms with E-state index in [0.717, 1.165) is 26.2 Å². The van der Waals surface area contributed by atoms with Gasteiger partial charge < -0.3 is 10.1 Å². The lowest BCUT2D eigenvalue weighted by Crippen LogP contribution is -2.49. The van der Waals surface area contributed by atoms with Crippen molar-refractivity contribution in [1.29, 1.82) is 0 Å².